The molecule has 2 rings (SSSR count). The number of aromatic amines is 1. The average Bonchev–Trinajstić information content (AvgIpc) is 2.92. The summed E-state index contributed by atoms with van der Waals surface area (Å²) in [5.41, 5.74) is 1.15. The maximum Gasteiger partial charge on any atom is 0.340 e. The van der Waals surface area contributed by atoms with E-state index in [1.165, 1.54) is 0 Å². The monoisotopic (exact) mass is 335 g/mol. The van der Waals surface area contributed by atoms with Gasteiger partial charge in [0.1, 0.15) is 0 Å². The molecule has 0 aliphatic carbocycles. The Bertz CT molecular complexity index is 764. The van der Waals surface area contributed by atoms with Gasteiger partial charge in [0.2, 0.25) is 0 Å². The fourth-order valence-corrected chi connectivity index (χ4v) is 2.51. The molecule has 24 heavy (non-hydrogen) atoms. The van der Waals surface area contributed by atoms with Crippen molar-refractivity contribution in [1.82, 2.24) is 14.8 Å². The van der Waals surface area contributed by atoms with Gasteiger partial charge in [-0.2, -0.15) is 0 Å². The van der Waals surface area contributed by atoms with Crippen LogP contribution in [0.25, 0.3) is 0 Å². The topological polar surface area (TPSA) is 117 Å². The molecule has 0 bridgehead atoms. The van der Waals surface area contributed by atoms with Gasteiger partial charge < -0.3 is 9.72 Å². The number of aryl methyl sites for hydroxylation is 1. The minimum atomic E-state index is -1.05. The molecule has 1 aliphatic rings. The van der Waals surface area contributed by atoms with Crippen molar-refractivity contribution in [2.75, 3.05) is 20.2 Å². The lowest BCUT2D eigenvalue weighted by molar-refractivity contribution is -0.142. The number of ether oxygens (including phenoxy) is 1. The first kappa shape index (κ1) is 17.4. The Morgan fingerprint density at radius 2 is 1.75 bits per heavy atom. The number of carbonyl (C=O) groups excluding carboxylic acids is 5. The molecule has 1 aliphatic heterocycles. The molecule has 9 nitrogen and oxygen atoms in total. The number of esters is 1. The van der Waals surface area contributed by atoms with Crippen molar-refractivity contribution in [3.05, 3.63) is 22.5 Å². The van der Waals surface area contributed by atoms with Gasteiger partial charge in [0.15, 0.2) is 5.78 Å². The highest BCUT2D eigenvalue weighted by atomic mass is 16.5. The zero-order chi connectivity index (χ0) is 18.2. The third-order valence-electron chi connectivity index (χ3n) is 3.75. The maximum absolute atomic E-state index is 12.4. The number of urea groups is 1. The Hall–Kier alpha value is -2.97. The number of nitrogens with zero attached hydrogens (tertiary/aromatic N) is 2. The van der Waals surface area contributed by atoms with E-state index < -0.39 is 36.1 Å². The van der Waals surface area contributed by atoms with E-state index >= 15 is 0 Å². The minimum absolute atomic E-state index is 0.0955. The summed E-state index contributed by atoms with van der Waals surface area (Å²) in [4.78, 5) is 63.3. The van der Waals surface area contributed by atoms with Crippen LogP contribution >= 0.6 is 0 Å². The van der Waals surface area contributed by atoms with Crippen molar-refractivity contribution in [1.29, 1.82) is 0 Å². The summed E-state index contributed by atoms with van der Waals surface area (Å²) in [5.74, 6) is -3.19. The van der Waals surface area contributed by atoms with Crippen LogP contribution in [-0.4, -0.2) is 64.6 Å². The highest BCUT2D eigenvalue weighted by molar-refractivity contribution is 6.45. The average molecular weight is 335 g/mol. The SMILES string of the molecule is CCOC(=O)c1c(C)[nH]c(C(=O)CN2C(=O)C(=O)N(C)C2=O)c1C. The molecule has 0 radical (unpaired) electrons. The second-order valence-electron chi connectivity index (χ2n) is 5.31. The van der Waals surface area contributed by atoms with Crippen molar-refractivity contribution in [3.63, 3.8) is 0 Å². The van der Waals surface area contributed by atoms with E-state index in [0.29, 0.717) is 21.1 Å². The molecule has 9 heteroatoms. The summed E-state index contributed by atoms with van der Waals surface area (Å²) in [6.45, 7) is 4.45. The molecule has 0 spiro atoms. The molecule has 1 aromatic heterocycles. The molecule has 128 valence electrons. The summed E-state index contributed by atoms with van der Waals surface area (Å²) in [6, 6.07) is -0.857. The normalized spacial score (nSPS) is 14.6. The van der Waals surface area contributed by atoms with Crippen LogP contribution in [0.1, 0.15) is 39.0 Å². The predicted molar refractivity (Wildman–Crippen MR) is 80.4 cm³/mol. The van der Waals surface area contributed by atoms with Gasteiger partial charge in [0.05, 0.1) is 24.4 Å². The van der Waals surface area contributed by atoms with Crippen molar-refractivity contribution in [2.45, 2.75) is 20.8 Å². The fraction of sp³-hybridized carbons (Fsp3) is 0.400. The second kappa shape index (κ2) is 6.26. The summed E-state index contributed by atoms with van der Waals surface area (Å²) in [5, 5.41) is 0. The molecule has 0 unspecified atom stereocenters. The number of likely N-dealkylation sites (N-methyl/N-ethyl adjacent to an activating group) is 1. The molecule has 0 saturated carbocycles. The van der Waals surface area contributed by atoms with Crippen LogP contribution in [0.4, 0.5) is 4.79 Å². The Kier molecular flexibility index (Phi) is 4.54. The number of amides is 4. The molecule has 2 heterocycles. The van der Waals surface area contributed by atoms with Crippen LogP contribution in [0.2, 0.25) is 0 Å². The van der Waals surface area contributed by atoms with Gasteiger partial charge in [-0.3, -0.25) is 19.3 Å². The zero-order valence-electron chi connectivity index (χ0n) is 13.8. The molecule has 0 atom stereocenters. The lowest BCUT2D eigenvalue weighted by Gasteiger charge is -2.11. The lowest BCUT2D eigenvalue weighted by Crippen LogP contribution is -2.36. The second-order valence-corrected chi connectivity index (χ2v) is 5.31. The highest BCUT2D eigenvalue weighted by Crippen LogP contribution is 2.20. The number of H-pyrrole nitrogens is 1. The number of rotatable bonds is 5. The summed E-state index contributed by atoms with van der Waals surface area (Å²) in [6.07, 6.45) is 0. The third-order valence-corrected chi connectivity index (χ3v) is 3.75. The first-order chi connectivity index (χ1) is 11.2. The number of imide groups is 2. The van der Waals surface area contributed by atoms with E-state index in [9.17, 15) is 24.0 Å². The van der Waals surface area contributed by atoms with E-state index in [1.54, 1.807) is 20.8 Å². The molecule has 0 aromatic carbocycles. The summed E-state index contributed by atoms with van der Waals surface area (Å²) in [7, 11) is 1.16. The number of nitrogens with one attached hydrogen (secondary N) is 1. The van der Waals surface area contributed by atoms with Crippen LogP contribution in [0.3, 0.4) is 0 Å². The van der Waals surface area contributed by atoms with Crippen LogP contribution in [0.15, 0.2) is 0 Å². The predicted octanol–water partition coefficient (Wildman–Crippen LogP) is 0.412. The molecule has 1 saturated heterocycles. The van der Waals surface area contributed by atoms with E-state index in [1.807, 2.05) is 0 Å². The van der Waals surface area contributed by atoms with Crippen LogP contribution in [-0.2, 0) is 14.3 Å². The Balaban J connectivity index is 2.27. The lowest BCUT2D eigenvalue weighted by atomic mass is 10.1. The first-order valence-electron chi connectivity index (χ1n) is 7.23. The van der Waals surface area contributed by atoms with Crippen molar-refractivity contribution in [2.24, 2.45) is 0 Å². The minimum Gasteiger partial charge on any atom is -0.462 e. The molecular weight excluding hydrogens is 318 g/mol. The van der Waals surface area contributed by atoms with Crippen LogP contribution in [0, 0.1) is 13.8 Å². The number of carbonyl (C=O) groups is 5. The van der Waals surface area contributed by atoms with Gasteiger partial charge in [0.25, 0.3) is 0 Å². The van der Waals surface area contributed by atoms with Crippen molar-refractivity contribution < 1.29 is 28.7 Å². The number of hydrogen-bond acceptors (Lipinski definition) is 6. The number of hydrogen-bond donors (Lipinski definition) is 1. The van der Waals surface area contributed by atoms with Crippen LogP contribution in [0.5, 0.6) is 0 Å². The third kappa shape index (κ3) is 2.68. The molecule has 1 fully saturated rings. The van der Waals surface area contributed by atoms with Gasteiger partial charge in [-0.1, -0.05) is 0 Å². The maximum atomic E-state index is 12.4. The molecular formula is C15H17N3O6. The first-order valence-corrected chi connectivity index (χ1v) is 7.23. The van der Waals surface area contributed by atoms with E-state index in [2.05, 4.69) is 4.98 Å². The zero-order valence-corrected chi connectivity index (χ0v) is 13.8. The highest BCUT2D eigenvalue weighted by Gasteiger charge is 2.43. The largest absolute Gasteiger partial charge is 0.462 e. The van der Waals surface area contributed by atoms with Gasteiger partial charge in [-0.15, -0.1) is 0 Å². The van der Waals surface area contributed by atoms with E-state index in [0.717, 1.165) is 7.05 Å². The Morgan fingerprint density at radius 1 is 1.12 bits per heavy atom. The molecule has 1 N–H and O–H groups in total. The van der Waals surface area contributed by atoms with Gasteiger partial charge in [0, 0.05) is 12.7 Å². The van der Waals surface area contributed by atoms with Gasteiger partial charge >= 0.3 is 23.8 Å². The molecule has 1 aromatic rings. The fourth-order valence-electron chi connectivity index (χ4n) is 2.51. The Morgan fingerprint density at radius 3 is 2.25 bits per heavy atom. The quantitative estimate of drug-likeness (QED) is 0.360. The summed E-state index contributed by atoms with van der Waals surface area (Å²) < 4.78 is 4.94. The standard InChI is InChI=1S/C15H17N3O6/c1-5-24-14(22)10-7(2)11(16-8(10)3)9(19)6-18-13(21)12(20)17(4)15(18)23/h16H,5-6H2,1-4H3. The smallest absolute Gasteiger partial charge is 0.340 e. The van der Waals surface area contributed by atoms with E-state index in [-0.39, 0.29) is 17.9 Å². The number of Topliss-reactive ketones (excluding diaryl/α,β-unsaturated/α-hetero) is 1. The molecule has 4 amide bonds. The van der Waals surface area contributed by atoms with Crippen LogP contribution < -0.4 is 0 Å². The number of ketones is 1. The van der Waals surface area contributed by atoms with Gasteiger partial charge in [-0.25, -0.2) is 14.5 Å². The van der Waals surface area contributed by atoms with E-state index in [4.69, 9.17) is 4.74 Å². The number of aromatic nitrogens is 1. The Labute approximate surface area is 137 Å². The van der Waals surface area contributed by atoms with Gasteiger partial charge in [-0.05, 0) is 26.3 Å². The van der Waals surface area contributed by atoms with Crippen molar-refractivity contribution >= 4 is 29.6 Å². The summed E-state index contributed by atoms with van der Waals surface area (Å²) >= 11 is 0. The van der Waals surface area contributed by atoms with Crippen molar-refractivity contribution in [3.8, 4) is 0 Å².